The van der Waals surface area contributed by atoms with Crippen molar-refractivity contribution < 1.29 is 23.5 Å². The summed E-state index contributed by atoms with van der Waals surface area (Å²) < 4.78 is 28.9. The van der Waals surface area contributed by atoms with Gasteiger partial charge < -0.3 is 15.3 Å². The molecule has 3 N–H and O–H groups in total. The molecule has 34 heavy (non-hydrogen) atoms. The number of likely N-dealkylation sites (tertiary alicyclic amines) is 1. The number of rotatable bonds is 6. The van der Waals surface area contributed by atoms with E-state index in [0.717, 1.165) is 5.69 Å². The number of carboxylic acid groups (broad SMARTS) is 1. The van der Waals surface area contributed by atoms with Crippen molar-refractivity contribution in [2.75, 3.05) is 18.4 Å². The zero-order chi connectivity index (χ0) is 24.5. The molecule has 178 valence electrons. The van der Waals surface area contributed by atoms with Crippen LogP contribution in [0.5, 0.6) is 0 Å². The van der Waals surface area contributed by atoms with Gasteiger partial charge in [-0.05, 0) is 44.0 Å². The van der Waals surface area contributed by atoms with Crippen molar-refractivity contribution in [1.29, 1.82) is 0 Å². The Morgan fingerprint density at radius 3 is 2.59 bits per heavy atom. The first-order valence-corrected chi connectivity index (χ1v) is 11.0. The largest absolute Gasteiger partial charge is 0.481 e. The maximum atomic E-state index is 14.6. The zero-order valence-corrected chi connectivity index (χ0v) is 19.0. The summed E-state index contributed by atoms with van der Waals surface area (Å²) in [5, 5.41) is 19.6. The molecule has 1 aliphatic rings. The predicted molar refractivity (Wildman–Crippen MR) is 121 cm³/mol. The van der Waals surface area contributed by atoms with E-state index in [1.54, 1.807) is 6.07 Å². The van der Waals surface area contributed by atoms with E-state index in [1.165, 1.54) is 35.2 Å². The number of halogens is 3. The van der Waals surface area contributed by atoms with Gasteiger partial charge in [0.25, 0.3) is 5.91 Å². The number of benzene rings is 1. The van der Waals surface area contributed by atoms with Crippen LogP contribution in [0.2, 0.25) is 5.02 Å². The van der Waals surface area contributed by atoms with Gasteiger partial charge in [0.1, 0.15) is 11.6 Å². The molecule has 0 bridgehead atoms. The Balaban J connectivity index is 1.51. The van der Waals surface area contributed by atoms with Gasteiger partial charge in [0.2, 0.25) is 0 Å². The number of carboxylic acids is 1. The molecule has 3 heterocycles. The fourth-order valence-corrected chi connectivity index (χ4v) is 4.23. The SMILES string of the molecule is Cc1cc(Nc2ccc(F)c(CC3(C(=O)O)CCN(C(=O)c4cccc(Cl)c4F)CC3)n2)n[nH]1. The van der Waals surface area contributed by atoms with Crippen molar-refractivity contribution in [3.63, 3.8) is 0 Å². The predicted octanol–water partition coefficient (Wildman–Crippen LogP) is 4.34. The number of H-pyrrole nitrogens is 1. The first-order valence-electron chi connectivity index (χ1n) is 10.6. The summed E-state index contributed by atoms with van der Waals surface area (Å²) >= 11 is 5.78. The van der Waals surface area contributed by atoms with Crippen molar-refractivity contribution in [2.45, 2.75) is 26.2 Å². The summed E-state index contributed by atoms with van der Waals surface area (Å²) in [5.41, 5.74) is -0.664. The Hall–Kier alpha value is -3.53. The molecule has 0 unspecified atom stereocenters. The number of hydrogen-bond acceptors (Lipinski definition) is 5. The summed E-state index contributed by atoms with van der Waals surface area (Å²) in [6.45, 7) is 1.97. The standard InChI is InChI=1S/C23H22ClF2N5O3/c1-13-11-19(30-29-13)28-18-6-5-16(25)17(27-18)12-23(22(33)34)7-9-31(10-8-23)21(32)14-3-2-4-15(24)20(14)26/h2-6,11H,7-10,12H2,1H3,(H,33,34)(H2,27,28,29,30). The van der Waals surface area contributed by atoms with Gasteiger partial charge >= 0.3 is 5.97 Å². The summed E-state index contributed by atoms with van der Waals surface area (Å²) in [6.07, 6.45) is -0.0297. The fraction of sp³-hybridized carbons (Fsp3) is 0.304. The van der Waals surface area contributed by atoms with E-state index in [1.807, 2.05) is 6.92 Å². The van der Waals surface area contributed by atoms with Crippen molar-refractivity contribution in [3.05, 3.63) is 70.0 Å². The van der Waals surface area contributed by atoms with Crippen LogP contribution >= 0.6 is 11.6 Å². The molecule has 3 aromatic rings. The smallest absolute Gasteiger partial charge is 0.310 e. The summed E-state index contributed by atoms with van der Waals surface area (Å²) in [5.74, 6) is -2.28. The van der Waals surface area contributed by atoms with Crippen LogP contribution < -0.4 is 5.32 Å². The minimum Gasteiger partial charge on any atom is -0.481 e. The Kier molecular flexibility index (Phi) is 6.52. The summed E-state index contributed by atoms with van der Waals surface area (Å²) in [4.78, 5) is 30.7. The number of aryl methyl sites for hydroxylation is 1. The van der Waals surface area contributed by atoms with Gasteiger partial charge in [0.15, 0.2) is 11.6 Å². The number of aromatic amines is 1. The fourth-order valence-electron chi connectivity index (χ4n) is 4.06. The number of aromatic nitrogens is 3. The van der Waals surface area contributed by atoms with Gasteiger partial charge in [-0.1, -0.05) is 17.7 Å². The monoisotopic (exact) mass is 489 g/mol. The third-order valence-electron chi connectivity index (χ3n) is 6.03. The molecule has 0 saturated carbocycles. The van der Waals surface area contributed by atoms with E-state index in [4.69, 9.17) is 11.6 Å². The third-order valence-corrected chi connectivity index (χ3v) is 6.32. The second kappa shape index (κ2) is 9.38. The molecule has 0 atom stereocenters. The van der Waals surface area contributed by atoms with Crippen LogP contribution in [-0.4, -0.2) is 50.2 Å². The van der Waals surface area contributed by atoms with Gasteiger partial charge in [-0.3, -0.25) is 14.7 Å². The van der Waals surface area contributed by atoms with Crippen LogP contribution in [0.4, 0.5) is 20.4 Å². The van der Waals surface area contributed by atoms with Crippen LogP contribution in [-0.2, 0) is 11.2 Å². The molecule has 1 aliphatic heterocycles. The van der Waals surface area contributed by atoms with Crippen molar-refractivity contribution in [3.8, 4) is 0 Å². The quantitative estimate of drug-likeness (QED) is 0.475. The Labute approximate surface area is 199 Å². The molecule has 8 nitrogen and oxygen atoms in total. The molecular weight excluding hydrogens is 468 g/mol. The van der Waals surface area contributed by atoms with Crippen LogP contribution in [0.25, 0.3) is 0 Å². The number of nitrogens with one attached hydrogen (secondary N) is 2. The number of amides is 1. The number of carbonyl (C=O) groups excluding carboxylic acids is 1. The highest BCUT2D eigenvalue weighted by molar-refractivity contribution is 6.31. The highest BCUT2D eigenvalue weighted by Gasteiger charge is 2.43. The zero-order valence-electron chi connectivity index (χ0n) is 18.2. The van der Waals surface area contributed by atoms with E-state index in [0.29, 0.717) is 11.6 Å². The van der Waals surface area contributed by atoms with Gasteiger partial charge in [-0.2, -0.15) is 5.10 Å². The van der Waals surface area contributed by atoms with Crippen LogP contribution in [0.3, 0.4) is 0 Å². The third kappa shape index (κ3) is 4.72. The van der Waals surface area contributed by atoms with Gasteiger partial charge in [0, 0.05) is 31.3 Å². The Morgan fingerprint density at radius 1 is 1.21 bits per heavy atom. The average molecular weight is 490 g/mol. The number of carbonyl (C=O) groups is 2. The molecule has 11 heteroatoms. The number of nitrogens with zero attached hydrogens (tertiary/aromatic N) is 3. The molecule has 1 amide bonds. The maximum absolute atomic E-state index is 14.6. The van der Waals surface area contributed by atoms with Crippen molar-refractivity contribution in [1.82, 2.24) is 20.1 Å². The van der Waals surface area contributed by atoms with E-state index in [-0.39, 0.29) is 48.6 Å². The Morgan fingerprint density at radius 2 is 1.94 bits per heavy atom. The lowest BCUT2D eigenvalue weighted by Gasteiger charge is -2.39. The number of anilines is 2. The van der Waals surface area contributed by atoms with E-state index in [2.05, 4.69) is 20.5 Å². The first kappa shape index (κ1) is 23.6. The van der Waals surface area contributed by atoms with Crippen LogP contribution in [0.1, 0.15) is 34.6 Å². The second-order valence-corrected chi connectivity index (χ2v) is 8.75. The highest BCUT2D eigenvalue weighted by atomic mass is 35.5. The van der Waals surface area contributed by atoms with Crippen molar-refractivity contribution in [2.24, 2.45) is 5.41 Å². The lowest BCUT2D eigenvalue weighted by Crippen LogP contribution is -2.48. The minimum absolute atomic E-state index is 0.000296. The molecule has 1 aromatic carbocycles. The number of piperidine rings is 1. The van der Waals surface area contributed by atoms with Crippen LogP contribution in [0.15, 0.2) is 36.4 Å². The van der Waals surface area contributed by atoms with E-state index < -0.39 is 28.9 Å². The average Bonchev–Trinajstić information content (AvgIpc) is 3.22. The minimum atomic E-state index is -1.32. The summed E-state index contributed by atoms with van der Waals surface area (Å²) in [7, 11) is 0. The molecule has 1 saturated heterocycles. The topological polar surface area (TPSA) is 111 Å². The van der Waals surface area contributed by atoms with Gasteiger partial charge in [-0.25, -0.2) is 13.8 Å². The molecule has 2 aromatic heterocycles. The van der Waals surface area contributed by atoms with Crippen molar-refractivity contribution >= 4 is 35.1 Å². The highest BCUT2D eigenvalue weighted by Crippen LogP contribution is 2.37. The Bertz CT molecular complexity index is 1240. The lowest BCUT2D eigenvalue weighted by molar-refractivity contribution is -0.151. The molecule has 4 rings (SSSR count). The lowest BCUT2D eigenvalue weighted by atomic mass is 9.74. The number of hydrogen-bond donors (Lipinski definition) is 3. The van der Waals surface area contributed by atoms with Crippen LogP contribution in [0, 0.1) is 24.0 Å². The summed E-state index contributed by atoms with van der Waals surface area (Å²) in [6, 6.07) is 8.57. The molecule has 1 fully saturated rings. The van der Waals surface area contributed by atoms with E-state index >= 15 is 0 Å². The normalized spacial score (nSPS) is 15.2. The number of pyridine rings is 1. The molecular formula is C23H22ClF2N5O3. The molecule has 0 spiro atoms. The maximum Gasteiger partial charge on any atom is 0.310 e. The first-order chi connectivity index (χ1) is 16.2. The second-order valence-electron chi connectivity index (χ2n) is 8.34. The molecule has 0 radical (unpaired) electrons. The van der Waals surface area contributed by atoms with Gasteiger partial charge in [0.05, 0.1) is 21.7 Å². The van der Waals surface area contributed by atoms with E-state index in [9.17, 15) is 23.5 Å². The van der Waals surface area contributed by atoms with Gasteiger partial charge in [-0.15, -0.1) is 0 Å². The molecule has 0 aliphatic carbocycles. The number of aliphatic carboxylic acids is 1.